The lowest BCUT2D eigenvalue weighted by molar-refractivity contribution is -0.00384. The van der Waals surface area contributed by atoms with Crippen LogP contribution in [0.2, 0.25) is 5.02 Å². The third kappa shape index (κ3) is 5.24. The maximum absolute atomic E-state index is 12.9. The quantitative estimate of drug-likeness (QED) is 0.601. The largest absolute Gasteiger partial charge is 0.391 e. The second kappa shape index (κ2) is 9.21. The van der Waals surface area contributed by atoms with Crippen molar-refractivity contribution < 1.29 is 15.0 Å². The average Bonchev–Trinajstić information content (AvgIpc) is 2.77. The van der Waals surface area contributed by atoms with Gasteiger partial charge in [-0.2, -0.15) is 0 Å². The van der Waals surface area contributed by atoms with Crippen LogP contribution in [-0.2, 0) is 5.41 Å². The molecule has 1 amide bonds. The van der Waals surface area contributed by atoms with E-state index in [1.807, 2.05) is 24.5 Å². The molecule has 2 atom stereocenters. The SMILES string of the molecule is CC(C)(C)c1cc(-c2cncc(-c3ccc(C(=O)N4C[C@@H](O)C[C@H](O)C4)cc3Cl)c2)ccn1. The van der Waals surface area contributed by atoms with Gasteiger partial charge in [-0.3, -0.25) is 14.8 Å². The van der Waals surface area contributed by atoms with E-state index in [4.69, 9.17) is 11.6 Å². The number of hydrogen-bond acceptors (Lipinski definition) is 5. The number of hydrogen-bond donors (Lipinski definition) is 2. The summed E-state index contributed by atoms with van der Waals surface area (Å²) >= 11 is 6.58. The molecule has 6 nitrogen and oxygen atoms in total. The molecule has 1 aliphatic rings. The minimum atomic E-state index is -0.728. The Morgan fingerprint density at radius 2 is 1.70 bits per heavy atom. The predicted molar refractivity (Wildman–Crippen MR) is 129 cm³/mol. The van der Waals surface area contributed by atoms with Gasteiger partial charge in [-0.25, -0.2) is 0 Å². The summed E-state index contributed by atoms with van der Waals surface area (Å²) in [5, 5.41) is 20.2. The molecule has 0 saturated carbocycles. The normalized spacial score (nSPS) is 18.9. The molecule has 1 aliphatic heterocycles. The van der Waals surface area contributed by atoms with Gasteiger partial charge in [0.05, 0.1) is 12.2 Å². The van der Waals surface area contributed by atoms with Crippen LogP contribution < -0.4 is 0 Å². The van der Waals surface area contributed by atoms with Gasteiger partial charge in [-0.15, -0.1) is 0 Å². The average molecular weight is 466 g/mol. The Bertz CT molecular complexity index is 1170. The molecule has 172 valence electrons. The molecule has 0 radical (unpaired) electrons. The van der Waals surface area contributed by atoms with Crippen LogP contribution in [0.3, 0.4) is 0 Å². The monoisotopic (exact) mass is 465 g/mol. The third-order valence-corrected chi connectivity index (χ3v) is 6.13. The smallest absolute Gasteiger partial charge is 0.254 e. The summed E-state index contributed by atoms with van der Waals surface area (Å²) in [6.45, 7) is 6.78. The van der Waals surface area contributed by atoms with Crippen molar-refractivity contribution in [3.8, 4) is 22.3 Å². The van der Waals surface area contributed by atoms with Gasteiger partial charge in [0.25, 0.3) is 5.91 Å². The molecule has 1 saturated heterocycles. The van der Waals surface area contributed by atoms with E-state index in [1.54, 1.807) is 24.4 Å². The van der Waals surface area contributed by atoms with Gasteiger partial charge < -0.3 is 15.1 Å². The molecule has 0 spiro atoms. The number of β-amino-alcohol motifs (C(OH)–C–C–N with tert-alkyl or cyclic N) is 2. The number of aliphatic hydroxyl groups is 2. The number of piperidine rings is 1. The Balaban J connectivity index is 1.61. The number of aliphatic hydroxyl groups excluding tert-OH is 2. The van der Waals surface area contributed by atoms with Crippen molar-refractivity contribution in [3.05, 3.63) is 71.3 Å². The molecule has 2 N–H and O–H groups in total. The molecule has 2 aromatic heterocycles. The van der Waals surface area contributed by atoms with Crippen LogP contribution in [0.15, 0.2) is 55.0 Å². The third-order valence-electron chi connectivity index (χ3n) is 5.82. The number of aromatic nitrogens is 2. The number of benzene rings is 1. The van der Waals surface area contributed by atoms with E-state index in [2.05, 4.69) is 36.8 Å². The first-order valence-corrected chi connectivity index (χ1v) is 11.4. The number of halogens is 1. The summed E-state index contributed by atoms with van der Waals surface area (Å²) in [5.41, 5.74) is 4.94. The maximum Gasteiger partial charge on any atom is 0.254 e. The number of rotatable bonds is 3. The van der Waals surface area contributed by atoms with E-state index in [1.165, 1.54) is 4.90 Å². The van der Waals surface area contributed by atoms with Crippen molar-refractivity contribution in [2.24, 2.45) is 0 Å². The molecular formula is C26H28ClN3O3. The number of nitrogens with zero attached hydrogens (tertiary/aromatic N) is 3. The van der Waals surface area contributed by atoms with Crippen LogP contribution in [0, 0.1) is 0 Å². The van der Waals surface area contributed by atoms with Crippen LogP contribution in [-0.4, -0.2) is 56.3 Å². The fraction of sp³-hybridized carbons (Fsp3) is 0.346. The van der Waals surface area contributed by atoms with Crippen molar-refractivity contribution in [1.82, 2.24) is 14.9 Å². The van der Waals surface area contributed by atoms with E-state index in [0.717, 1.165) is 27.9 Å². The fourth-order valence-electron chi connectivity index (χ4n) is 4.04. The predicted octanol–water partition coefficient (Wildman–Crippen LogP) is 4.33. The molecule has 1 aromatic carbocycles. The van der Waals surface area contributed by atoms with E-state index < -0.39 is 12.2 Å². The Labute approximate surface area is 198 Å². The molecule has 0 unspecified atom stereocenters. The summed E-state index contributed by atoms with van der Waals surface area (Å²) in [4.78, 5) is 23.2. The van der Waals surface area contributed by atoms with Crippen molar-refractivity contribution in [1.29, 1.82) is 0 Å². The van der Waals surface area contributed by atoms with Gasteiger partial charge in [0.1, 0.15) is 0 Å². The molecule has 3 heterocycles. The number of pyridine rings is 2. The van der Waals surface area contributed by atoms with Crippen LogP contribution >= 0.6 is 11.6 Å². The van der Waals surface area contributed by atoms with Gasteiger partial charge in [0.15, 0.2) is 0 Å². The van der Waals surface area contributed by atoms with E-state index >= 15 is 0 Å². The summed E-state index contributed by atoms with van der Waals surface area (Å²) < 4.78 is 0. The molecule has 0 bridgehead atoms. The first-order valence-electron chi connectivity index (χ1n) is 11.0. The van der Waals surface area contributed by atoms with Crippen LogP contribution in [0.4, 0.5) is 0 Å². The van der Waals surface area contributed by atoms with E-state index in [9.17, 15) is 15.0 Å². The lowest BCUT2D eigenvalue weighted by Gasteiger charge is -2.33. The number of carbonyl (C=O) groups excluding carboxylic acids is 1. The summed E-state index contributed by atoms with van der Waals surface area (Å²) in [7, 11) is 0. The highest BCUT2D eigenvalue weighted by Crippen LogP contribution is 2.32. The minimum Gasteiger partial charge on any atom is -0.391 e. The lowest BCUT2D eigenvalue weighted by Crippen LogP contribution is -2.48. The molecule has 0 aliphatic carbocycles. The van der Waals surface area contributed by atoms with Crippen molar-refractivity contribution in [3.63, 3.8) is 0 Å². The summed E-state index contributed by atoms with van der Waals surface area (Å²) in [6, 6.07) is 11.2. The highest BCUT2D eigenvalue weighted by molar-refractivity contribution is 6.33. The molecule has 3 aromatic rings. The molecule has 1 fully saturated rings. The second-order valence-electron chi connectivity index (χ2n) is 9.59. The topological polar surface area (TPSA) is 86.6 Å². The Morgan fingerprint density at radius 1 is 1.00 bits per heavy atom. The first kappa shape index (κ1) is 23.4. The maximum atomic E-state index is 12.9. The highest BCUT2D eigenvalue weighted by Gasteiger charge is 2.28. The van der Waals surface area contributed by atoms with Crippen LogP contribution in [0.1, 0.15) is 43.2 Å². The number of amides is 1. The van der Waals surface area contributed by atoms with Crippen molar-refractivity contribution in [2.75, 3.05) is 13.1 Å². The summed E-state index contributed by atoms with van der Waals surface area (Å²) in [5.74, 6) is -0.264. The lowest BCUT2D eigenvalue weighted by atomic mass is 9.90. The molecule has 4 rings (SSSR count). The fourth-order valence-corrected chi connectivity index (χ4v) is 4.33. The van der Waals surface area contributed by atoms with Gasteiger partial charge in [-0.05, 0) is 35.9 Å². The zero-order valence-electron chi connectivity index (χ0n) is 19.0. The van der Waals surface area contributed by atoms with Crippen molar-refractivity contribution in [2.45, 2.75) is 44.8 Å². The highest BCUT2D eigenvalue weighted by atomic mass is 35.5. The van der Waals surface area contributed by atoms with Gasteiger partial charge in [0.2, 0.25) is 0 Å². The van der Waals surface area contributed by atoms with E-state index in [-0.39, 0.29) is 30.8 Å². The Kier molecular flexibility index (Phi) is 6.52. The van der Waals surface area contributed by atoms with Gasteiger partial charge >= 0.3 is 0 Å². The van der Waals surface area contributed by atoms with Crippen molar-refractivity contribution >= 4 is 17.5 Å². The second-order valence-corrected chi connectivity index (χ2v) is 10.00. The zero-order chi connectivity index (χ0) is 23.8. The Morgan fingerprint density at radius 3 is 2.36 bits per heavy atom. The van der Waals surface area contributed by atoms with Gasteiger partial charge in [-0.1, -0.05) is 38.4 Å². The molecule has 33 heavy (non-hydrogen) atoms. The van der Waals surface area contributed by atoms with E-state index in [0.29, 0.717) is 10.6 Å². The van der Waals surface area contributed by atoms with Crippen LogP contribution in [0.25, 0.3) is 22.3 Å². The zero-order valence-corrected chi connectivity index (χ0v) is 19.8. The van der Waals surface area contributed by atoms with Crippen LogP contribution in [0.5, 0.6) is 0 Å². The first-order chi connectivity index (χ1) is 15.6. The molecular weight excluding hydrogens is 438 g/mol. The number of likely N-dealkylation sites (tertiary alicyclic amines) is 1. The number of carbonyl (C=O) groups is 1. The minimum absolute atomic E-state index is 0.0623. The van der Waals surface area contributed by atoms with Gasteiger partial charge in [0, 0.05) is 76.5 Å². The summed E-state index contributed by atoms with van der Waals surface area (Å²) in [6.07, 6.45) is 4.19. The Hall–Kier alpha value is -2.80. The molecule has 7 heteroatoms. The standard InChI is InChI=1S/C26H28ClN3O3/c1-26(2,3)24-10-16(6-7-29-24)18-8-19(13-28-12-18)22-5-4-17(9-23(22)27)25(33)30-14-20(31)11-21(32)15-30/h4-10,12-13,20-21,31-32H,11,14-15H2,1-3H3/t20-,21-/m0/s1.